The van der Waals surface area contributed by atoms with E-state index in [0.29, 0.717) is 17.2 Å². The summed E-state index contributed by atoms with van der Waals surface area (Å²) in [6.45, 7) is -0.0754. The highest BCUT2D eigenvalue weighted by atomic mass is 16.5. The minimum atomic E-state index is -0.287. The average molecular weight is 407 g/mol. The SMILES string of the molecule is COc1ccc(NC(=O)Cn2c(=O)n(C3=CCCCC3)c3ccccc32)cc1OC. The zero-order valence-electron chi connectivity index (χ0n) is 17.2. The zero-order valence-corrected chi connectivity index (χ0v) is 17.2. The van der Waals surface area contributed by atoms with Gasteiger partial charge in [-0.25, -0.2) is 4.79 Å². The highest BCUT2D eigenvalue weighted by Gasteiger charge is 2.19. The highest BCUT2D eigenvalue weighted by molar-refractivity contribution is 5.92. The Labute approximate surface area is 174 Å². The largest absolute Gasteiger partial charge is 0.493 e. The van der Waals surface area contributed by atoms with E-state index in [2.05, 4.69) is 11.4 Å². The van der Waals surface area contributed by atoms with Gasteiger partial charge in [-0.05, 0) is 49.9 Å². The molecule has 0 aliphatic heterocycles. The summed E-state index contributed by atoms with van der Waals surface area (Å²) in [6, 6.07) is 12.7. The first kappa shape index (κ1) is 19.8. The molecule has 0 unspecified atom stereocenters. The van der Waals surface area contributed by atoms with E-state index < -0.39 is 0 Å². The lowest BCUT2D eigenvalue weighted by molar-refractivity contribution is -0.116. The van der Waals surface area contributed by atoms with Crippen molar-refractivity contribution in [2.45, 2.75) is 32.2 Å². The molecule has 0 bridgehead atoms. The first-order valence-electron chi connectivity index (χ1n) is 10.0. The number of amides is 1. The number of nitrogens with zero attached hydrogens (tertiary/aromatic N) is 2. The van der Waals surface area contributed by atoms with Gasteiger partial charge < -0.3 is 14.8 Å². The normalized spacial score (nSPS) is 13.7. The second kappa shape index (κ2) is 8.49. The van der Waals surface area contributed by atoms with Gasteiger partial charge in [0.1, 0.15) is 6.54 Å². The number of anilines is 1. The van der Waals surface area contributed by atoms with Gasteiger partial charge in [-0.1, -0.05) is 18.2 Å². The molecule has 0 atom stereocenters. The second-order valence-electron chi connectivity index (χ2n) is 7.25. The molecule has 0 fully saturated rings. The summed E-state index contributed by atoms with van der Waals surface area (Å²) >= 11 is 0. The van der Waals surface area contributed by atoms with Crippen LogP contribution in [0, 0.1) is 0 Å². The van der Waals surface area contributed by atoms with E-state index in [0.717, 1.165) is 42.4 Å². The molecule has 2 aromatic carbocycles. The van der Waals surface area contributed by atoms with Crippen LogP contribution in [0.3, 0.4) is 0 Å². The third-order valence-electron chi connectivity index (χ3n) is 5.36. The molecule has 0 saturated heterocycles. The standard InChI is InChI=1S/C23H25N3O4/c1-29-20-13-12-16(14-21(20)30-2)24-22(27)15-25-18-10-6-7-11-19(18)26(23(25)28)17-8-4-3-5-9-17/h6-8,10-14H,3-5,9,15H2,1-2H3,(H,24,27). The quantitative estimate of drug-likeness (QED) is 0.673. The smallest absolute Gasteiger partial charge is 0.333 e. The maximum absolute atomic E-state index is 13.2. The number of aromatic nitrogens is 2. The lowest BCUT2D eigenvalue weighted by Crippen LogP contribution is -2.29. The van der Waals surface area contributed by atoms with Gasteiger partial charge >= 0.3 is 5.69 Å². The molecular formula is C23H25N3O4. The Bertz CT molecular complexity index is 1170. The van der Waals surface area contributed by atoms with Crippen molar-refractivity contribution in [2.75, 3.05) is 19.5 Å². The Morgan fingerprint density at radius 1 is 1.03 bits per heavy atom. The number of nitrogens with one attached hydrogen (secondary N) is 1. The van der Waals surface area contributed by atoms with Crippen LogP contribution >= 0.6 is 0 Å². The Hall–Kier alpha value is -3.48. The predicted molar refractivity (Wildman–Crippen MR) is 117 cm³/mol. The number of carbonyl (C=O) groups is 1. The van der Waals surface area contributed by atoms with Gasteiger partial charge in [0.05, 0.1) is 25.3 Å². The molecule has 3 aromatic rings. The van der Waals surface area contributed by atoms with Crippen molar-refractivity contribution in [2.24, 2.45) is 0 Å². The van der Waals surface area contributed by atoms with Crippen LogP contribution in [0.25, 0.3) is 16.7 Å². The van der Waals surface area contributed by atoms with Crippen LogP contribution < -0.4 is 20.5 Å². The van der Waals surface area contributed by atoms with Gasteiger partial charge in [-0.15, -0.1) is 0 Å². The molecule has 1 heterocycles. The minimum Gasteiger partial charge on any atom is -0.493 e. The van der Waals surface area contributed by atoms with Crippen molar-refractivity contribution >= 4 is 28.3 Å². The van der Waals surface area contributed by atoms with E-state index in [1.807, 2.05) is 24.3 Å². The fourth-order valence-corrected chi connectivity index (χ4v) is 3.92. The van der Waals surface area contributed by atoms with E-state index in [1.165, 1.54) is 11.7 Å². The molecule has 1 aliphatic rings. The van der Waals surface area contributed by atoms with Gasteiger partial charge in [0.15, 0.2) is 11.5 Å². The summed E-state index contributed by atoms with van der Waals surface area (Å²) in [5.74, 6) is 0.814. The molecule has 30 heavy (non-hydrogen) atoms. The van der Waals surface area contributed by atoms with Crippen molar-refractivity contribution in [3.8, 4) is 11.5 Å². The van der Waals surface area contributed by atoms with Crippen LogP contribution in [-0.2, 0) is 11.3 Å². The Morgan fingerprint density at radius 2 is 1.80 bits per heavy atom. The van der Waals surface area contributed by atoms with Gasteiger partial charge in [0.2, 0.25) is 5.91 Å². The monoisotopic (exact) mass is 407 g/mol. The molecular weight excluding hydrogens is 382 g/mol. The van der Waals surface area contributed by atoms with Gasteiger partial charge in [-0.2, -0.15) is 0 Å². The number of imidazole rings is 1. The molecule has 0 saturated carbocycles. The Kier molecular flexibility index (Phi) is 5.61. The van der Waals surface area contributed by atoms with E-state index in [4.69, 9.17) is 9.47 Å². The summed E-state index contributed by atoms with van der Waals surface area (Å²) in [6.07, 6.45) is 6.18. The van der Waals surface area contributed by atoms with E-state index in [-0.39, 0.29) is 18.1 Å². The number of hydrogen-bond donors (Lipinski definition) is 1. The lowest BCUT2D eigenvalue weighted by Gasteiger charge is -2.13. The van der Waals surface area contributed by atoms with Crippen LogP contribution in [0.2, 0.25) is 0 Å². The summed E-state index contributed by atoms with van der Waals surface area (Å²) in [7, 11) is 3.10. The molecule has 1 amide bonds. The summed E-state index contributed by atoms with van der Waals surface area (Å²) in [4.78, 5) is 26.0. The summed E-state index contributed by atoms with van der Waals surface area (Å²) in [5.41, 5.74) is 2.98. The van der Waals surface area contributed by atoms with Crippen LogP contribution in [-0.4, -0.2) is 29.3 Å². The Morgan fingerprint density at radius 3 is 2.50 bits per heavy atom. The summed E-state index contributed by atoms with van der Waals surface area (Å²) < 4.78 is 13.8. The predicted octanol–water partition coefficient (Wildman–Crippen LogP) is 3.87. The van der Waals surface area contributed by atoms with Crippen molar-refractivity contribution < 1.29 is 14.3 Å². The Balaban J connectivity index is 1.64. The molecule has 1 aromatic heterocycles. The van der Waals surface area contributed by atoms with Gasteiger partial charge in [0, 0.05) is 17.5 Å². The number of carbonyl (C=O) groups excluding carboxylic acids is 1. The van der Waals surface area contributed by atoms with Crippen molar-refractivity contribution in [1.82, 2.24) is 9.13 Å². The number of benzene rings is 2. The van der Waals surface area contributed by atoms with E-state index in [1.54, 1.807) is 29.9 Å². The van der Waals surface area contributed by atoms with E-state index >= 15 is 0 Å². The molecule has 0 spiro atoms. The second-order valence-corrected chi connectivity index (χ2v) is 7.25. The molecule has 7 heteroatoms. The van der Waals surface area contributed by atoms with Crippen molar-refractivity contribution in [3.63, 3.8) is 0 Å². The lowest BCUT2D eigenvalue weighted by atomic mass is 10.0. The number of methoxy groups -OCH3 is 2. The van der Waals surface area contributed by atoms with Gasteiger partial charge in [-0.3, -0.25) is 13.9 Å². The number of para-hydroxylation sites is 2. The molecule has 0 radical (unpaired) electrons. The molecule has 156 valence electrons. The van der Waals surface area contributed by atoms with Crippen LogP contribution in [0.15, 0.2) is 53.3 Å². The first-order chi connectivity index (χ1) is 14.6. The fraction of sp³-hybridized carbons (Fsp3) is 0.304. The molecule has 7 nitrogen and oxygen atoms in total. The average Bonchev–Trinajstić information content (AvgIpc) is 3.05. The molecule has 4 rings (SSSR count). The van der Waals surface area contributed by atoms with E-state index in [9.17, 15) is 9.59 Å². The van der Waals surface area contributed by atoms with Crippen LogP contribution in [0.5, 0.6) is 11.5 Å². The molecule has 1 N–H and O–H groups in total. The first-order valence-corrected chi connectivity index (χ1v) is 10.0. The molecule has 1 aliphatic carbocycles. The third-order valence-corrected chi connectivity index (χ3v) is 5.36. The maximum atomic E-state index is 13.2. The number of hydrogen-bond acceptors (Lipinski definition) is 4. The topological polar surface area (TPSA) is 74.5 Å². The zero-order chi connectivity index (χ0) is 21.1. The van der Waals surface area contributed by atoms with Crippen molar-refractivity contribution in [1.29, 1.82) is 0 Å². The number of allylic oxidation sites excluding steroid dienone is 2. The number of rotatable bonds is 6. The van der Waals surface area contributed by atoms with Gasteiger partial charge in [0.25, 0.3) is 0 Å². The fourth-order valence-electron chi connectivity index (χ4n) is 3.92. The third kappa shape index (κ3) is 3.70. The maximum Gasteiger partial charge on any atom is 0.333 e. The van der Waals surface area contributed by atoms with Crippen LogP contribution in [0.4, 0.5) is 5.69 Å². The summed E-state index contributed by atoms with van der Waals surface area (Å²) in [5, 5.41) is 2.84. The number of fused-ring (bicyclic) bond motifs is 1. The van der Waals surface area contributed by atoms with Crippen LogP contribution in [0.1, 0.15) is 25.7 Å². The minimum absolute atomic E-state index is 0.0754. The number of ether oxygens (including phenoxy) is 2. The van der Waals surface area contributed by atoms with Crippen molar-refractivity contribution in [3.05, 3.63) is 59.0 Å². The highest BCUT2D eigenvalue weighted by Crippen LogP contribution is 2.30.